The highest BCUT2D eigenvalue weighted by molar-refractivity contribution is 6.29. The number of nitrogens with two attached hydrogens (primary N) is 1. The number of aldehydes is 1. The fourth-order valence-electron chi connectivity index (χ4n) is 1.75. The molecule has 0 aromatic carbocycles. The molecule has 19 heavy (non-hydrogen) atoms. The Bertz CT molecular complexity index is 615. The first kappa shape index (κ1) is 13.2. The van der Waals surface area contributed by atoms with E-state index in [4.69, 9.17) is 17.3 Å². The Morgan fingerprint density at radius 3 is 2.89 bits per heavy atom. The summed E-state index contributed by atoms with van der Waals surface area (Å²) in [6.45, 7) is 1.98. The molecule has 2 heterocycles. The third kappa shape index (κ3) is 2.79. The molecule has 0 aliphatic carbocycles. The van der Waals surface area contributed by atoms with E-state index in [1.807, 2.05) is 6.92 Å². The van der Waals surface area contributed by atoms with Crippen molar-refractivity contribution in [3.8, 4) is 5.82 Å². The zero-order chi connectivity index (χ0) is 13.8. The minimum Gasteiger partial charge on any atom is -0.368 e. The van der Waals surface area contributed by atoms with Gasteiger partial charge in [-0.2, -0.15) is 10.1 Å². The summed E-state index contributed by atoms with van der Waals surface area (Å²) < 4.78 is 1.63. The largest absolute Gasteiger partial charge is 0.368 e. The van der Waals surface area contributed by atoms with Crippen molar-refractivity contribution in [2.45, 2.75) is 13.3 Å². The first-order valence-electron chi connectivity index (χ1n) is 5.65. The van der Waals surface area contributed by atoms with E-state index in [2.05, 4.69) is 15.1 Å². The molecule has 0 unspecified atom stereocenters. The van der Waals surface area contributed by atoms with Crippen molar-refractivity contribution in [1.29, 1.82) is 0 Å². The van der Waals surface area contributed by atoms with Gasteiger partial charge in [0, 0.05) is 11.6 Å². The maximum Gasteiger partial charge on any atom is 0.223 e. The Labute approximate surface area is 114 Å². The lowest BCUT2D eigenvalue weighted by molar-refractivity contribution is -0.104. The van der Waals surface area contributed by atoms with Gasteiger partial charge in [-0.25, -0.2) is 9.67 Å². The van der Waals surface area contributed by atoms with E-state index in [0.717, 1.165) is 24.0 Å². The van der Waals surface area contributed by atoms with Crippen LogP contribution in [-0.2, 0) is 11.2 Å². The highest BCUT2D eigenvalue weighted by atomic mass is 35.5. The molecule has 98 valence electrons. The topological polar surface area (TPSA) is 86.7 Å². The Hall–Kier alpha value is -2.21. The number of rotatable bonds is 4. The Morgan fingerprint density at radius 1 is 1.47 bits per heavy atom. The summed E-state index contributed by atoms with van der Waals surface area (Å²) in [5.41, 5.74) is 7.33. The second-order valence-corrected chi connectivity index (χ2v) is 4.10. The lowest BCUT2D eigenvalue weighted by atomic mass is 10.2. The SMILES string of the molecule is CCc1c(/C=C/C=O)cnn1-c1cc(Cl)nc(N)n1. The second-order valence-electron chi connectivity index (χ2n) is 3.71. The molecule has 2 rings (SSSR count). The molecule has 0 bridgehead atoms. The number of nitrogens with zero attached hydrogens (tertiary/aromatic N) is 4. The smallest absolute Gasteiger partial charge is 0.223 e. The van der Waals surface area contributed by atoms with Crippen LogP contribution in [0, 0.1) is 0 Å². The lowest BCUT2D eigenvalue weighted by Gasteiger charge is -2.06. The van der Waals surface area contributed by atoms with Gasteiger partial charge in [0.2, 0.25) is 5.95 Å². The van der Waals surface area contributed by atoms with Crippen LogP contribution >= 0.6 is 11.6 Å². The zero-order valence-electron chi connectivity index (χ0n) is 10.2. The van der Waals surface area contributed by atoms with Crippen molar-refractivity contribution in [3.05, 3.63) is 34.7 Å². The van der Waals surface area contributed by atoms with Crippen molar-refractivity contribution in [1.82, 2.24) is 19.7 Å². The molecular formula is C12H12ClN5O. The minimum atomic E-state index is 0.0880. The first-order valence-corrected chi connectivity index (χ1v) is 6.02. The molecule has 0 atom stereocenters. The number of carbonyl (C=O) groups excluding carboxylic acids is 1. The molecule has 0 fully saturated rings. The van der Waals surface area contributed by atoms with Gasteiger partial charge in [-0.15, -0.1) is 0 Å². The number of aromatic nitrogens is 4. The second kappa shape index (κ2) is 5.62. The molecule has 0 aliphatic rings. The summed E-state index contributed by atoms with van der Waals surface area (Å²) in [5, 5.41) is 4.49. The van der Waals surface area contributed by atoms with Gasteiger partial charge in [0.15, 0.2) is 5.82 Å². The molecule has 0 saturated carbocycles. The van der Waals surface area contributed by atoms with Crippen LogP contribution in [0.25, 0.3) is 11.9 Å². The van der Waals surface area contributed by atoms with Crippen molar-refractivity contribution in [3.63, 3.8) is 0 Å². The molecule has 2 aromatic rings. The highest BCUT2D eigenvalue weighted by Crippen LogP contribution is 2.18. The quantitative estimate of drug-likeness (QED) is 0.522. The maximum atomic E-state index is 10.4. The third-order valence-corrected chi connectivity index (χ3v) is 2.70. The van der Waals surface area contributed by atoms with E-state index in [-0.39, 0.29) is 11.1 Å². The first-order chi connectivity index (χ1) is 9.15. The average Bonchev–Trinajstić information content (AvgIpc) is 2.77. The highest BCUT2D eigenvalue weighted by Gasteiger charge is 2.11. The standard InChI is InChI=1S/C12H12ClN5O/c1-2-9-8(4-3-5-19)7-15-18(9)11-6-10(13)16-12(14)17-11/h3-7H,2H2,1H3,(H2,14,16,17)/b4-3+. The lowest BCUT2D eigenvalue weighted by Crippen LogP contribution is -2.07. The van der Waals surface area contributed by atoms with Crippen molar-refractivity contribution >= 4 is 29.9 Å². The van der Waals surface area contributed by atoms with E-state index < -0.39 is 0 Å². The van der Waals surface area contributed by atoms with Crippen LogP contribution in [0.4, 0.5) is 5.95 Å². The Balaban J connectivity index is 2.53. The minimum absolute atomic E-state index is 0.0880. The summed E-state index contributed by atoms with van der Waals surface area (Å²) in [4.78, 5) is 18.3. The molecule has 0 amide bonds. The molecule has 7 heteroatoms. The van der Waals surface area contributed by atoms with Crippen LogP contribution in [-0.4, -0.2) is 26.0 Å². The van der Waals surface area contributed by atoms with E-state index >= 15 is 0 Å². The van der Waals surface area contributed by atoms with Crippen LogP contribution in [0.5, 0.6) is 0 Å². The van der Waals surface area contributed by atoms with Crippen LogP contribution in [0.15, 0.2) is 18.3 Å². The van der Waals surface area contributed by atoms with E-state index in [1.54, 1.807) is 23.0 Å². The van der Waals surface area contributed by atoms with E-state index in [9.17, 15) is 4.79 Å². The Morgan fingerprint density at radius 2 is 2.26 bits per heavy atom. The van der Waals surface area contributed by atoms with Crippen molar-refractivity contribution in [2.75, 3.05) is 5.73 Å². The van der Waals surface area contributed by atoms with Crippen LogP contribution in [0.3, 0.4) is 0 Å². The fourth-order valence-corrected chi connectivity index (χ4v) is 1.94. The monoisotopic (exact) mass is 277 g/mol. The summed E-state index contributed by atoms with van der Waals surface area (Å²) in [6.07, 6.45) is 6.21. The van der Waals surface area contributed by atoms with Gasteiger partial charge in [-0.1, -0.05) is 18.5 Å². The average molecular weight is 278 g/mol. The number of hydrogen-bond donors (Lipinski definition) is 1. The normalized spacial score (nSPS) is 11.1. The molecule has 0 spiro atoms. The van der Waals surface area contributed by atoms with Gasteiger partial charge in [0.05, 0.1) is 11.9 Å². The summed E-state index contributed by atoms with van der Waals surface area (Å²) >= 11 is 5.85. The molecule has 0 saturated heterocycles. The summed E-state index contributed by atoms with van der Waals surface area (Å²) in [6, 6.07) is 1.58. The van der Waals surface area contributed by atoms with E-state index in [1.165, 1.54) is 6.08 Å². The molecule has 0 radical (unpaired) electrons. The van der Waals surface area contributed by atoms with Gasteiger partial charge in [0.25, 0.3) is 0 Å². The Kier molecular flexibility index (Phi) is 3.91. The molecule has 2 aromatic heterocycles. The zero-order valence-corrected chi connectivity index (χ0v) is 11.0. The molecular weight excluding hydrogens is 266 g/mol. The number of allylic oxidation sites excluding steroid dienone is 1. The number of anilines is 1. The fraction of sp³-hybridized carbons (Fsp3) is 0.167. The number of hydrogen-bond acceptors (Lipinski definition) is 5. The molecule has 0 aliphatic heterocycles. The van der Waals surface area contributed by atoms with Gasteiger partial charge >= 0.3 is 0 Å². The van der Waals surface area contributed by atoms with E-state index in [0.29, 0.717) is 5.82 Å². The summed E-state index contributed by atoms with van der Waals surface area (Å²) in [7, 11) is 0. The van der Waals surface area contributed by atoms with Gasteiger partial charge in [-0.3, -0.25) is 4.79 Å². The maximum absolute atomic E-state index is 10.4. The van der Waals surface area contributed by atoms with Gasteiger partial charge < -0.3 is 5.73 Å². The number of halogens is 1. The number of nitrogen functional groups attached to an aromatic ring is 1. The predicted molar refractivity (Wildman–Crippen MR) is 73.1 cm³/mol. The molecule has 6 nitrogen and oxygen atoms in total. The number of carbonyl (C=O) groups is 1. The third-order valence-electron chi connectivity index (χ3n) is 2.51. The van der Waals surface area contributed by atoms with Gasteiger partial charge in [-0.05, 0) is 18.6 Å². The van der Waals surface area contributed by atoms with Crippen LogP contribution in [0.2, 0.25) is 5.15 Å². The van der Waals surface area contributed by atoms with Gasteiger partial charge in [0.1, 0.15) is 11.4 Å². The molecule has 2 N–H and O–H groups in total. The summed E-state index contributed by atoms with van der Waals surface area (Å²) in [5.74, 6) is 0.588. The predicted octanol–water partition coefficient (Wildman–Crippen LogP) is 1.67. The van der Waals surface area contributed by atoms with Crippen LogP contribution in [0.1, 0.15) is 18.2 Å². The van der Waals surface area contributed by atoms with Crippen molar-refractivity contribution in [2.24, 2.45) is 0 Å². The van der Waals surface area contributed by atoms with Crippen molar-refractivity contribution < 1.29 is 4.79 Å². The van der Waals surface area contributed by atoms with Crippen LogP contribution < -0.4 is 5.73 Å².